The average molecular weight is 302 g/mol. The Hall–Kier alpha value is 0.0569. The predicted molar refractivity (Wildman–Crippen MR) is 81.4 cm³/mol. The third-order valence-electron chi connectivity index (χ3n) is 4.73. The Morgan fingerprint density at radius 3 is 2.40 bits per heavy atom. The van der Waals surface area contributed by atoms with Crippen molar-refractivity contribution in [2.75, 3.05) is 26.4 Å². The Balaban J connectivity index is 1.74. The summed E-state index contributed by atoms with van der Waals surface area (Å²) in [5.74, 6) is 0. The first-order valence-electron chi connectivity index (χ1n) is 7.75. The lowest BCUT2D eigenvalue weighted by molar-refractivity contribution is -0.172. The van der Waals surface area contributed by atoms with Crippen molar-refractivity contribution < 1.29 is 18.6 Å². The van der Waals surface area contributed by atoms with Crippen LogP contribution in [0, 0.1) is 0 Å². The van der Waals surface area contributed by atoms with E-state index in [1.807, 2.05) is 0 Å². The van der Waals surface area contributed by atoms with Crippen molar-refractivity contribution in [1.82, 2.24) is 0 Å². The molecule has 0 spiro atoms. The summed E-state index contributed by atoms with van der Waals surface area (Å²) in [6.07, 6.45) is 3.30. The van der Waals surface area contributed by atoms with Gasteiger partial charge in [0.25, 0.3) is 0 Å². The van der Waals surface area contributed by atoms with Crippen molar-refractivity contribution in [1.29, 1.82) is 0 Å². The summed E-state index contributed by atoms with van der Waals surface area (Å²) < 4.78 is 23.3. The lowest BCUT2D eigenvalue weighted by Gasteiger charge is -2.37. The second kappa shape index (κ2) is 6.05. The average Bonchev–Trinajstić information content (AvgIpc) is 3.15. The first kappa shape index (κ1) is 16.4. The summed E-state index contributed by atoms with van der Waals surface area (Å²) in [5, 5.41) is 0.233. The van der Waals surface area contributed by atoms with E-state index in [-0.39, 0.29) is 16.9 Å². The molecule has 0 radical (unpaired) electrons. The van der Waals surface area contributed by atoms with Gasteiger partial charge in [0, 0.05) is 6.61 Å². The van der Waals surface area contributed by atoms with Gasteiger partial charge in [-0.2, -0.15) is 0 Å². The van der Waals surface area contributed by atoms with Crippen LogP contribution in [0.3, 0.4) is 0 Å². The molecule has 0 amide bonds. The zero-order valence-electron chi connectivity index (χ0n) is 13.7. The molecule has 2 saturated heterocycles. The van der Waals surface area contributed by atoms with E-state index < -0.39 is 8.32 Å². The molecule has 2 rings (SSSR count). The van der Waals surface area contributed by atoms with Gasteiger partial charge >= 0.3 is 0 Å². The molecular formula is C15H30O4Si. The molecule has 0 N–H and O–H groups in total. The van der Waals surface area contributed by atoms with Gasteiger partial charge in [-0.25, -0.2) is 0 Å². The molecule has 2 fully saturated rings. The first-order valence-corrected chi connectivity index (χ1v) is 10.7. The highest BCUT2D eigenvalue weighted by Crippen LogP contribution is 2.39. The molecule has 0 aliphatic carbocycles. The van der Waals surface area contributed by atoms with Gasteiger partial charge in [-0.3, -0.25) is 0 Å². The van der Waals surface area contributed by atoms with Crippen molar-refractivity contribution in [3.63, 3.8) is 0 Å². The van der Waals surface area contributed by atoms with Crippen LogP contribution in [0.1, 0.15) is 40.0 Å². The second-order valence-electron chi connectivity index (χ2n) is 7.63. The summed E-state index contributed by atoms with van der Waals surface area (Å²) in [4.78, 5) is 0. The van der Waals surface area contributed by atoms with Gasteiger partial charge in [-0.1, -0.05) is 20.8 Å². The van der Waals surface area contributed by atoms with E-state index in [9.17, 15) is 0 Å². The van der Waals surface area contributed by atoms with Crippen molar-refractivity contribution >= 4 is 8.32 Å². The fraction of sp³-hybridized carbons (Fsp3) is 1.00. The molecule has 2 aliphatic heterocycles. The van der Waals surface area contributed by atoms with Crippen molar-refractivity contribution in [2.45, 2.75) is 70.1 Å². The molecule has 0 aromatic carbocycles. The molecule has 2 heterocycles. The fourth-order valence-corrected chi connectivity index (χ4v) is 2.98. The Kier molecular flexibility index (Phi) is 4.97. The number of rotatable bonds is 6. The number of hydrogen-bond donors (Lipinski definition) is 0. The number of hydrogen-bond acceptors (Lipinski definition) is 4. The van der Waals surface area contributed by atoms with Crippen molar-refractivity contribution in [3.8, 4) is 0 Å². The van der Waals surface area contributed by atoms with Crippen LogP contribution >= 0.6 is 0 Å². The zero-order chi connectivity index (χ0) is 14.9. The van der Waals surface area contributed by atoms with Crippen LogP contribution in [-0.4, -0.2) is 46.6 Å². The van der Waals surface area contributed by atoms with Gasteiger partial charge in [0.1, 0.15) is 5.60 Å². The van der Waals surface area contributed by atoms with E-state index in [1.165, 1.54) is 6.42 Å². The minimum atomic E-state index is -1.71. The van der Waals surface area contributed by atoms with Crippen LogP contribution in [-0.2, 0) is 18.6 Å². The normalized spacial score (nSPS) is 31.4. The smallest absolute Gasteiger partial charge is 0.192 e. The van der Waals surface area contributed by atoms with E-state index in [0.29, 0.717) is 13.2 Å². The predicted octanol–water partition coefficient (Wildman–Crippen LogP) is 3.32. The maximum Gasteiger partial charge on any atom is 0.192 e. The van der Waals surface area contributed by atoms with Crippen LogP contribution in [0.25, 0.3) is 0 Å². The topological polar surface area (TPSA) is 40.2 Å². The molecule has 4 nitrogen and oxygen atoms in total. The molecule has 118 valence electrons. The van der Waals surface area contributed by atoms with Gasteiger partial charge in [0.15, 0.2) is 14.6 Å². The number of ether oxygens (including phenoxy) is 3. The zero-order valence-corrected chi connectivity index (χ0v) is 14.7. The van der Waals surface area contributed by atoms with Gasteiger partial charge < -0.3 is 18.6 Å². The lowest BCUT2D eigenvalue weighted by Crippen LogP contribution is -2.44. The molecule has 2 aliphatic rings. The van der Waals surface area contributed by atoms with Crippen LogP contribution in [0.4, 0.5) is 0 Å². The SMILES string of the molecule is CC(C)(C)[Si](C)(C)OC[C@]1(COC2CCCCO2)CO1. The minimum Gasteiger partial charge on any atom is -0.414 e. The van der Waals surface area contributed by atoms with E-state index in [2.05, 4.69) is 33.9 Å². The Morgan fingerprint density at radius 1 is 1.20 bits per heavy atom. The molecule has 2 atom stereocenters. The monoisotopic (exact) mass is 302 g/mol. The summed E-state index contributed by atoms with van der Waals surface area (Å²) >= 11 is 0. The summed E-state index contributed by atoms with van der Waals surface area (Å²) in [6, 6.07) is 0. The second-order valence-corrected chi connectivity index (χ2v) is 12.4. The van der Waals surface area contributed by atoms with E-state index >= 15 is 0 Å². The van der Waals surface area contributed by atoms with Gasteiger partial charge in [-0.15, -0.1) is 0 Å². The van der Waals surface area contributed by atoms with Crippen molar-refractivity contribution in [3.05, 3.63) is 0 Å². The maximum absolute atomic E-state index is 6.25. The molecule has 0 aromatic heterocycles. The Labute approximate surface area is 124 Å². The standard InChI is InChI=1S/C15H30O4Si/c1-14(2,3)20(4,5)19-12-15(11-18-15)10-17-13-8-6-7-9-16-13/h13H,6-12H2,1-5H3/t13?,15-/m0/s1. The molecule has 20 heavy (non-hydrogen) atoms. The van der Waals surface area contributed by atoms with Crippen molar-refractivity contribution in [2.24, 2.45) is 0 Å². The number of epoxide rings is 1. The highest BCUT2D eigenvalue weighted by Gasteiger charge is 2.49. The summed E-state index contributed by atoms with van der Waals surface area (Å²) in [6.45, 7) is 14.1. The van der Waals surface area contributed by atoms with E-state index in [4.69, 9.17) is 18.6 Å². The highest BCUT2D eigenvalue weighted by atomic mass is 28.4. The Bertz CT molecular complexity index is 314. The summed E-state index contributed by atoms with van der Waals surface area (Å²) in [5.41, 5.74) is -0.212. The van der Waals surface area contributed by atoms with Crippen LogP contribution in [0.2, 0.25) is 18.1 Å². The fourth-order valence-electron chi connectivity index (χ4n) is 1.93. The molecule has 0 aromatic rings. The van der Waals surface area contributed by atoms with Crippen LogP contribution < -0.4 is 0 Å². The van der Waals surface area contributed by atoms with E-state index in [0.717, 1.165) is 26.1 Å². The van der Waals surface area contributed by atoms with Crippen LogP contribution in [0.15, 0.2) is 0 Å². The summed E-state index contributed by atoms with van der Waals surface area (Å²) in [7, 11) is -1.71. The van der Waals surface area contributed by atoms with E-state index in [1.54, 1.807) is 0 Å². The minimum absolute atomic E-state index is 0.0438. The van der Waals surface area contributed by atoms with Gasteiger partial charge in [0.2, 0.25) is 0 Å². The quantitative estimate of drug-likeness (QED) is 0.557. The third kappa shape index (κ3) is 4.27. The molecule has 0 saturated carbocycles. The third-order valence-corrected chi connectivity index (χ3v) is 9.20. The molecular weight excluding hydrogens is 272 g/mol. The molecule has 0 bridgehead atoms. The maximum atomic E-state index is 6.25. The molecule has 5 heteroatoms. The highest BCUT2D eigenvalue weighted by molar-refractivity contribution is 6.74. The van der Waals surface area contributed by atoms with Gasteiger partial charge in [-0.05, 0) is 37.4 Å². The van der Waals surface area contributed by atoms with Crippen LogP contribution in [0.5, 0.6) is 0 Å². The van der Waals surface area contributed by atoms with Gasteiger partial charge in [0.05, 0.1) is 19.8 Å². The lowest BCUT2D eigenvalue weighted by atomic mass is 10.2. The largest absolute Gasteiger partial charge is 0.414 e. The Morgan fingerprint density at radius 2 is 1.90 bits per heavy atom. The molecule has 1 unspecified atom stereocenters. The first-order chi connectivity index (χ1) is 9.24.